The summed E-state index contributed by atoms with van der Waals surface area (Å²) in [5, 5.41) is 3.41. The van der Waals surface area contributed by atoms with Crippen LogP contribution in [0.4, 0.5) is 5.69 Å². The maximum atomic E-state index is 5.51. The molecule has 0 amide bonds. The number of hydrogen-bond acceptors (Lipinski definition) is 4. The first-order valence-corrected chi connectivity index (χ1v) is 6.55. The van der Waals surface area contributed by atoms with E-state index in [1.807, 2.05) is 19.1 Å². The van der Waals surface area contributed by atoms with Crippen molar-refractivity contribution in [2.24, 2.45) is 11.7 Å². The first kappa shape index (κ1) is 14.9. The van der Waals surface area contributed by atoms with Crippen molar-refractivity contribution in [3.05, 3.63) is 24.0 Å². The van der Waals surface area contributed by atoms with Crippen LogP contribution in [-0.2, 0) is 4.74 Å². The predicted molar refractivity (Wildman–Crippen MR) is 78.9 cm³/mol. The maximum absolute atomic E-state index is 5.51. The highest BCUT2D eigenvalue weighted by atomic mass is 32.1. The fourth-order valence-electron chi connectivity index (χ4n) is 1.48. The van der Waals surface area contributed by atoms with Crippen molar-refractivity contribution in [2.45, 2.75) is 26.8 Å². The van der Waals surface area contributed by atoms with Crippen molar-refractivity contribution in [1.29, 1.82) is 0 Å². The fourth-order valence-corrected chi connectivity index (χ4v) is 1.61. The number of nitrogens with two attached hydrogens (primary N) is 1. The molecule has 0 bridgehead atoms. The van der Waals surface area contributed by atoms with Gasteiger partial charge in [0.15, 0.2) is 0 Å². The Hall–Kier alpha value is -1.20. The highest BCUT2D eigenvalue weighted by molar-refractivity contribution is 7.80. The molecule has 4 nitrogen and oxygen atoms in total. The van der Waals surface area contributed by atoms with Crippen LogP contribution in [0.3, 0.4) is 0 Å². The van der Waals surface area contributed by atoms with E-state index < -0.39 is 0 Å². The zero-order valence-corrected chi connectivity index (χ0v) is 12.0. The van der Waals surface area contributed by atoms with E-state index >= 15 is 0 Å². The quantitative estimate of drug-likeness (QED) is 0.742. The van der Waals surface area contributed by atoms with E-state index in [4.69, 9.17) is 22.7 Å². The number of aromatic nitrogens is 1. The molecule has 1 unspecified atom stereocenters. The zero-order valence-electron chi connectivity index (χ0n) is 11.1. The third-order valence-electron chi connectivity index (χ3n) is 2.67. The molecule has 5 heteroatoms. The molecule has 0 saturated carbocycles. The summed E-state index contributed by atoms with van der Waals surface area (Å²) < 4.78 is 5.47. The van der Waals surface area contributed by atoms with Gasteiger partial charge in [0.25, 0.3) is 0 Å². The molecule has 0 aromatic carbocycles. The SMILES string of the molecule is CCOCC(Nc1ccc(C(N)=S)nc1)C(C)C. The van der Waals surface area contributed by atoms with Crippen LogP contribution in [0.5, 0.6) is 0 Å². The molecule has 1 atom stereocenters. The second-order valence-electron chi connectivity index (χ2n) is 4.45. The Morgan fingerprint density at radius 3 is 2.67 bits per heavy atom. The number of nitrogens with one attached hydrogen (secondary N) is 1. The van der Waals surface area contributed by atoms with Crippen molar-refractivity contribution in [3.8, 4) is 0 Å². The molecule has 0 spiro atoms. The smallest absolute Gasteiger partial charge is 0.122 e. The molecule has 100 valence electrons. The molecule has 0 aliphatic heterocycles. The Bertz CT molecular complexity index is 378. The standard InChI is InChI=1S/C13H21N3OS/c1-4-17-8-12(9(2)3)16-10-5-6-11(13(14)18)15-7-10/h5-7,9,12,16H,4,8H2,1-3H3,(H2,14,18). The number of thiocarbonyl (C=S) groups is 1. The third kappa shape index (κ3) is 4.58. The molecule has 3 N–H and O–H groups in total. The summed E-state index contributed by atoms with van der Waals surface area (Å²) >= 11 is 4.87. The van der Waals surface area contributed by atoms with Gasteiger partial charge >= 0.3 is 0 Å². The van der Waals surface area contributed by atoms with E-state index in [9.17, 15) is 0 Å². The minimum absolute atomic E-state index is 0.266. The second-order valence-corrected chi connectivity index (χ2v) is 4.89. The Morgan fingerprint density at radius 2 is 2.22 bits per heavy atom. The summed E-state index contributed by atoms with van der Waals surface area (Å²) in [6.45, 7) is 7.73. The number of anilines is 1. The van der Waals surface area contributed by atoms with Crippen molar-refractivity contribution in [3.63, 3.8) is 0 Å². The lowest BCUT2D eigenvalue weighted by Gasteiger charge is -2.23. The summed E-state index contributed by atoms with van der Waals surface area (Å²) in [4.78, 5) is 4.52. The van der Waals surface area contributed by atoms with Gasteiger partial charge in [-0.05, 0) is 25.0 Å². The largest absolute Gasteiger partial charge is 0.388 e. The average molecular weight is 267 g/mol. The van der Waals surface area contributed by atoms with Gasteiger partial charge in [-0.25, -0.2) is 0 Å². The van der Waals surface area contributed by atoms with E-state index in [0.29, 0.717) is 23.2 Å². The van der Waals surface area contributed by atoms with Crippen LogP contribution < -0.4 is 11.1 Å². The van der Waals surface area contributed by atoms with Crippen molar-refractivity contribution in [1.82, 2.24) is 4.98 Å². The van der Waals surface area contributed by atoms with Gasteiger partial charge in [0.05, 0.1) is 30.2 Å². The number of hydrogen-bond donors (Lipinski definition) is 2. The molecular weight excluding hydrogens is 246 g/mol. The van der Waals surface area contributed by atoms with Crippen LogP contribution >= 0.6 is 12.2 Å². The normalized spacial score (nSPS) is 12.4. The fraction of sp³-hybridized carbons (Fsp3) is 0.538. The van der Waals surface area contributed by atoms with Crippen LogP contribution in [0.1, 0.15) is 26.5 Å². The van der Waals surface area contributed by atoms with Crippen molar-refractivity contribution < 1.29 is 4.74 Å². The zero-order chi connectivity index (χ0) is 13.5. The molecule has 0 aliphatic carbocycles. The molecular formula is C13H21N3OS. The molecule has 18 heavy (non-hydrogen) atoms. The maximum Gasteiger partial charge on any atom is 0.122 e. The minimum atomic E-state index is 0.266. The molecule has 0 aliphatic rings. The molecule has 0 fully saturated rings. The number of rotatable bonds is 7. The first-order chi connectivity index (χ1) is 8.54. The van der Waals surface area contributed by atoms with Gasteiger partial charge in [0.2, 0.25) is 0 Å². The summed E-state index contributed by atoms with van der Waals surface area (Å²) in [5.41, 5.74) is 7.10. The van der Waals surface area contributed by atoms with E-state index in [2.05, 4.69) is 24.1 Å². The number of pyridine rings is 1. The number of ether oxygens (including phenoxy) is 1. The second kappa shape index (κ2) is 7.28. The Balaban J connectivity index is 2.65. The van der Waals surface area contributed by atoms with Crippen LogP contribution in [0.25, 0.3) is 0 Å². The molecule has 1 aromatic rings. The molecule has 1 heterocycles. The van der Waals surface area contributed by atoms with Crippen LogP contribution in [-0.4, -0.2) is 29.2 Å². The van der Waals surface area contributed by atoms with Gasteiger partial charge in [0, 0.05) is 6.61 Å². The summed E-state index contributed by atoms with van der Waals surface area (Å²) in [5.74, 6) is 0.479. The Kier molecular flexibility index (Phi) is 6.01. The molecule has 1 aromatic heterocycles. The lowest BCUT2D eigenvalue weighted by Crippen LogP contribution is -2.31. The summed E-state index contributed by atoms with van der Waals surface area (Å²) in [6.07, 6.45) is 1.75. The van der Waals surface area contributed by atoms with Gasteiger partial charge in [-0.1, -0.05) is 26.1 Å². The lowest BCUT2D eigenvalue weighted by atomic mass is 10.1. The van der Waals surface area contributed by atoms with Crippen LogP contribution in [0, 0.1) is 5.92 Å². The summed E-state index contributed by atoms with van der Waals surface area (Å²) in [7, 11) is 0. The highest BCUT2D eigenvalue weighted by Crippen LogP contribution is 2.12. The predicted octanol–water partition coefficient (Wildman–Crippen LogP) is 2.19. The molecule has 0 radical (unpaired) electrons. The van der Waals surface area contributed by atoms with Gasteiger partial charge in [-0.15, -0.1) is 0 Å². The van der Waals surface area contributed by atoms with Crippen molar-refractivity contribution >= 4 is 22.9 Å². The summed E-state index contributed by atoms with van der Waals surface area (Å²) in [6, 6.07) is 4.02. The minimum Gasteiger partial charge on any atom is -0.388 e. The Morgan fingerprint density at radius 1 is 1.50 bits per heavy atom. The lowest BCUT2D eigenvalue weighted by molar-refractivity contribution is 0.127. The monoisotopic (exact) mass is 267 g/mol. The van der Waals surface area contributed by atoms with Gasteiger partial charge < -0.3 is 15.8 Å². The third-order valence-corrected chi connectivity index (χ3v) is 2.88. The topological polar surface area (TPSA) is 60.2 Å². The Labute approximate surface area is 114 Å². The molecule has 0 saturated heterocycles. The van der Waals surface area contributed by atoms with Crippen LogP contribution in [0.2, 0.25) is 0 Å². The van der Waals surface area contributed by atoms with Gasteiger partial charge in [-0.2, -0.15) is 0 Å². The molecule has 1 rings (SSSR count). The average Bonchev–Trinajstić information content (AvgIpc) is 2.34. The van der Waals surface area contributed by atoms with Gasteiger partial charge in [0.1, 0.15) is 4.99 Å². The van der Waals surface area contributed by atoms with Crippen molar-refractivity contribution in [2.75, 3.05) is 18.5 Å². The van der Waals surface area contributed by atoms with E-state index in [-0.39, 0.29) is 6.04 Å². The van der Waals surface area contributed by atoms with Gasteiger partial charge in [-0.3, -0.25) is 4.98 Å². The van der Waals surface area contributed by atoms with E-state index in [1.54, 1.807) is 6.20 Å². The van der Waals surface area contributed by atoms with Crippen LogP contribution in [0.15, 0.2) is 18.3 Å². The number of nitrogens with zero attached hydrogens (tertiary/aromatic N) is 1. The first-order valence-electron chi connectivity index (χ1n) is 6.14. The highest BCUT2D eigenvalue weighted by Gasteiger charge is 2.13. The van der Waals surface area contributed by atoms with E-state index in [1.165, 1.54) is 0 Å². The van der Waals surface area contributed by atoms with E-state index in [0.717, 1.165) is 12.3 Å².